The van der Waals surface area contributed by atoms with Gasteiger partial charge in [0.15, 0.2) is 5.85 Å². The Morgan fingerprint density at radius 1 is 1.65 bits per heavy atom. The number of ether oxygens (including phenoxy) is 1. The van der Waals surface area contributed by atoms with Gasteiger partial charge in [0.1, 0.15) is 7.85 Å². The first kappa shape index (κ1) is 18.6. The molecule has 0 aromatic carbocycles. The number of hydrogen-bond donors (Lipinski definition) is 3. The molecular formula is C10H20BBrFO6P. The van der Waals surface area contributed by atoms with E-state index in [2.05, 4.69) is 20.5 Å². The van der Waals surface area contributed by atoms with Crippen molar-refractivity contribution in [3.05, 3.63) is 0 Å². The molecule has 1 fully saturated rings. The molecule has 1 saturated heterocycles. The summed E-state index contributed by atoms with van der Waals surface area (Å²) in [5.74, 6) is -4.15. The van der Waals surface area contributed by atoms with Gasteiger partial charge in [0.25, 0.3) is 0 Å². The second-order valence-corrected chi connectivity index (χ2v) is 8.16. The molecule has 0 bridgehead atoms. The van der Waals surface area contributed by atoms with Crippen molar-refractivity contribution in [1.82, 2.24) is 0 Å². The minimum Gasteiger partial charge on any atom is -0.389 e. The molecule has 118 valence electrons. The predicted octanol–water partition coefficient (Wildman–Crippen LogP) is 0.475. The number of hydrogen-bond acceptors (Lipinski definition) is 5. The first-order valence-corrected chi connectivity index (χ1v) is 8.96. The standard InChI is InChI=1S/C10H20BBrFO6P/c1-3-10(13,19-20(16,17)5(2)14)4-6-8(15)7(12)9(11)18-6/h5-9,14-15H,3-4,11H2,1-2H3,(H,16,17)/t5?,6-,7-,8-,9-,10-/m1/s1. The Morgan fingerprint density at radius 3 is 2.55 bits per heavy atom. The zero-order valence-electron chi connectivity index (χ0n) is 11.6. The van der Waals surface area contributed by atoms with E-state index < -0.39 is 37.9 Å². The topological polar surface area (TPSA) is 96.2 Å². The molecule has 2 unspecified atom stereocenters. The summed E-state index contributed by atoms with van der Waals surface area (Å²) in [5.41, 5.74) is 0. The van der Waals surface area contributed by atoms with E-state index in [1.54, 1.807) is 7.85 Å². The third-order valence-electron chi connectivity index (χ3n) is 3.35. The van der Waals surface area contributed by atoms with Crippen molar-refractivity contribution in [3.63, 3.8) is 0 Å². The van der Waals surface area contributed by atoms with Crippen LogP contribution >= 0.6 is 23.5 Å². The summed E-state index contributed by atoms with van der Waals surface area (Å²) in [5, 5.41) is 19.1. The van der Waals surface area contributed by atoms with Gasteiger partial charge in [0.05, 0.1) is 17.0 Å². The normalized spacial score (nSPS) is 38.1. The number of aliphatic hydroxyl groups excluding tert-OH is 2. The lowest BCUT2D eigenvalue weighted by atomic mass is 9.95. The lowest BCUT2D eigenvalue weighted by Crippen LogP contribution is -2.37. The van der Waals surface area contributed by atoms with Crippen molar-refractivity contribution in [2.45, 2.75) is 61.4 Å². The van der Waals surface area contributed by atoms with Crippen LogP contribution in [0.3, 0.4) is 0 Å². The molecule has 10 heteroatoms. The summed E-state index contributed by atoms with van der Waals surface area (Å²) < 4.78 is 36.2. The number of rotatable bonds is 6. The molecule has 1 aliphatic heterocycles. The highest BCUT2D eigenvalue weighted by atomic mass is 79.9. The van der Waals surface area contributed by atoms with E-state index >= 15 is 0 Å². The Bertz CT molecular complexity index is 389. The molecule has 0 aromatic heterocycles. The minimum absolute atomic E-state index is 0.210. The van der Waals surface area contributed by atoms with E-state index in [1.165, 1.54) is 6.92 Å². The van der Waals surface area contributed by atoms with Crippen LogP contribution in [0.2, 0.25) is 0 Å². The van der Waals surface area contributed by atoms with Crippen molar-refractivity contribution in [3.8, 4) is 0 Å². The van der Waals surface area contributed by atoms with Crippen molar-refractivity contribution < 1.29 is 33.3 Å². The molecule has 0 spiro atoms. The Labute approximate surface area is 126 Å². The van der Waals surface area contributed by atoms with Crippen molar-refractivity contribution in [1.29, 1.82) is 0 Å². The molecule has 0 radical (unpaired) electrons. The molecule has 0 saturated carbocycles. The molecule has 1 rings (SSSR count). The van der Waals surface area contributed by atoms with Gasteiger partial charge in [-0.1, -0.05) is 22.9 Å². The fraction of sp³-hybridized carbons (Fsp3) is 1.00. The summed E-state index contributed by atoms with van der Waals surface area (Å²) in [6, 6.07) is -0.311. The van der Waals surface area contributed by atoms with Crippen LogP contribution in [-0.4, -0.2) is 57.7 Å². The SMILES string of the molecule is B[C@@H]1O[C@H](C[C@@](F)(CC)OP(=O)(O)C(C)O)[C@@H](O)[C@H]1Br. The van der Waals surface area contributed by atoms with Crippen molar-refractivity contribution in [2.24, 2.45) is 0 Å². The van der Waals surface area contributed by atoms with Crippen LogP contribution in [0.1, 0.15) is 26.7 Å². The van der Waals surface area contributed by atoms with Crippen LogP contribution in [0.15, 0.2) is 0 Å². The smallest absolute Gasteiger partial charge is 0.358 e. The predicted molar refractivity (Wildman–Crippen MR) is 77.3 cm³/mol. The number of alkyl halides is 2. The highest BCUT2D eigenvalue weighted by Gasteiger charge is 2.47. The molecule has 20 heavy (non-hydrogen) atoms. The van der Waals surface area contributed by atoms with Gasteiger partial charge in [0.2, 0.25) is 5.85 Å². The summed E-state index contributed by atoms with van der Waals surface area (Å²) >= 11 is 3.24. The van der Waals surface area contributed by atoms with Gasteiger partial charge in [-0.2, -0.15) is 0 Å². The maximum Gasteiger partial charge on any atom is 0.358 e. The van der Waals surface area contributed by atoms with Gasteiger partial charge >= 0.3 is 7.60 Å². The number of aliphatic hydroxyl groups is 2. The lowest BCUT2D eigenvalue weighted by molar-refractivity contribution is -0.120. The second kappa shape index (κ2) is 6.73. The van der Waals surface area contributed by atoms with Crippen LogP contribution in [-0.2, 0) is 13.8 Å². The monoisotopic (exact) mass is 376 g/mol. The maximum absolute atomic E-state index is 14.6. The van der Waals surface area contributed by atoms with E-state index in [9.17, 15) is 19.0 Å². The second-order valence-electron chi connectivity index (χ2n) is 5.04. The quantitative estimate of drug-likeness (QED) is 0.354. The van der Waals surface area contributed by atoms with Crippen molar-refractivity contribution >= 4 is 31.4 Å². The summed E-state index contributed by atoms with van der Waals surface area (Å²) in [7, 11) is -2.75. The third-order valence-corrected chi connectivity index (χ3v) is 6.17. The molecule has 6 nitrogen and oxygen atoms in total. The van der Waals surface area contributed by atoms with E-state index in [0.29, 0.717) is 0 Å². The Kier molecular flexibility index (Phi) is 6.24. The van der Waals surface area contributed by atoms with Crippen LogP contribution in [0.4, 0.5) is 4.39 Å². The highest BCUT2D eigenvalue weighted by Crippen LogP contribution is 2.52. The van der Waals surface area contributed by atoms with Crippen LogP contribution in [0.25, 0.3) is 0 Å². The van der Waals surface area contributed by atoms with Gasteiger partial charge in [-0.25, -0.2) is 4.39 Å². The van der Waals surface area contributed by atoms with E-state index in [0.717, 1.165) is 6.92 Å². The van der Waals surface area contributed by atoms with E-state index in [1.807, 2.05) is 0 Å². The first-order valence-electron chi connectivity index (χ1n) is 6.40. The van der Waals surface area contributed by atoms with Gasteiger partial charge < -0.3 is 19.8 Å². The van der Waals surface area contributed by atoms with Gasteiger partial charge in [0, 0.05) is 18.8 Å². The average Bonchev–Trinajstić information content (AvgIpc) is 2.56. The Morgan fingerprint density at radius 2 is 2.20 bits per heavy atom. The minimum atomic E-state index is -4.48. The van der Waals surface area contributed by atoms with Crippen LogP contribution < -0.4 is 0 Å². The van der Waals surface area contributed by atoms with Crippen molar-refractivity contribution in [2.75, 3.05) is 0 Å². The fourth-order valence-corrected chi connectivity index (χ4v) is 3.23. The third kappa shape index (κ3) is 4.26. The van der Waals surface area contributed by atoms with Gasteiger partial charge in [-0.15, -0.1) is 0 Å². The first-order chi connectivity index (χ1) is 9.02. The van der Waals surface area contributed by atoms with E-state index in [4.69, 9.17) is 9.84 Å². The average molecular weight is 377 g/mol. The van der Waals surface area contributed by atoms with Crippen LogP contribution in [0, 0.1) is 0 Å². The largest absolute Gasteiger partial charge is 0.389 e. The zero-order chi connectivity index (χ0) is 15.7. The fourth-order valence-electron chi connectivity index (χ4n) is 1.94. The van der Waals surface area contributed by atoms with Crippen LogP contribution in [0.5, 0.6) is 0 Å². The molecule has 1 heterocycles. The van der Waals surface area contributed by atoms with E-state index in [-0.39, 0.29) is 17.3 Å². The molecule has 3 N–H and O–H groups in total. The molecule has 0 amide bonds. The molecule has 7 atom stereocenters. The highest BCUT2D eigenvalue weighted by molar-refractivity contribution is 9.09. The molecule has 0 aromatic rings. The maximum atomic E-state index is 14.6. The number of halogens is 2. The molecular weight excluding hydrogens is 357 g/mol. The van der Waals surface area contributed by atoms with Gasteiger partial charge in [-0.3, -0.25) is 9.09 Å². The Balaban J connectivity index is 2.78. The lowest BCUT2D eigenvalue weighted by Gasteiger charge is -2.30. The summed E-state index contributed by atoms with van der Waals surface area (Å²) in [4.78, 5) is 9.09. The Hall–Kier alpha value is 0.505. The summed E-state index contributed by atoms with van der Waals surface area (Å²) in [6.45, 7) is 2.49. The zero-order valence-corrected chi connectivity index (χ0v) is 14.1. The molecule has 0 aliphatic carbocycles. The van der Waals surface area contributed by atoms with Gasteiger partial charge in [-0.05, 0) is 6.92 Å². The molecule has 1 aliphatic rings. The summed E-state index contributed by atoms with van der Waals surface area (Å²) in [6.07, 6.45) is -2.40.